The Bertz CT molecular complexity index is 1190. The van der Waals surface area contributed by atoms with Crippen LogP contribution in [0, 0.1) is 5.92 Å². The highest BCUT2D eigenvalue weighted by Crippen LogP contribution is 2.40. The quantitative estimate of drug-likeness (QED) is 0.580. The van der Waals surface area contributed by atoms with Crippen molar-refractivity contribution in [3.63, 3.8) is 0 Å². The molecule has 2 aliphatic rings. The van der Waals surface area contributed by atoms with Gasteiger partial charge in [0.25, 0.3) is 0 Å². The number of aromatic nitrogens is 1. The Hall–Kier alpha value is -3.55. The van der Waals surface area contributed by atoms with Gasteiger partial charge in [-0.1, -0.05) is 36.4 Å². The van der Waals surface area contributed by atoms with Crippen molar-refractivity contribution in [2.75, 3.05) is 29.4 Å². The van der Waals surface area contributed by atoms with Gasteiger partial charge in [0.05, 0.1) is 23.6 Å². The van der Waals surface area contributed by atoms with Gasteiger partial charge in [-0.3, -0.25) is 4.79 Å². The summed E-state index contributed by atoms with van der Waals surface area (Å²) in [6.07, 6.45) is -2.44. The normalized spacial score (nSPS) is 20.6. The molecule has 3 heterocycles. The molecule has 3 aromatic rings. The van der Waals surface area contributed by atoms with Crippen molar-refractivity contribution in [1.29, 1.82) is 0 Å². The molecule has 0 aliphatic carbocycles. The van der Waals surface area contributed by atoms with E-state index < -0.39 is 17.7 Å². The molecule has 3 unspecified atom stereocenters. The third-order valence-corrected chi connectivity index (χ3v) is 7.01. The fraction of sp³-hybridized carbons (Fsp3) is 0.333. The van der Waals surface area contributed by atoms with E-state index in [9.17, 15) is 18.0 Å². The fourth-order valence-corrected chi connectivity index (χ4v) is 5.19. The number of rotatable bonds is 4. The molecule has 1 fully saturated rings. The van der Waals surface area contributed by atoms with Gasteiger partial charge in [-0.2, -0.15) is 13.2 Å². The van der Waals surface area contributed by atoms with Gasteiger partial charge in [-0.15, -0.1) is 0 Å². The van der Waals surface area contributed by atoms with E-state index in [0.29, 0.717) is 25.2 Å². The number of carbonyl (C=O) groups excluding carboxylic acids is 1. The predicted molar refractivity (Wildman–Crippen MR) is 129 cm³/mol. The molecule has 5 rings (SSSR count). The zero-order valence-corrected chi connectivity index (χ0v) is 19.4. The van der Waals surface area contributed by atoms with Gasteiger partial charge in [0.15, 0.2) is 0 Å². The molecule has 2 aromatic carbocycles. The highest BCUT2D eigenvalue weighted by molar-refractivity contribution is 5.82. The van der Waals surface area contributed by atoms with Crippen LogP contribution in [-0.4, -0.2) is 36.6 Å². The summed E-state index contributed by atoms with van der Waals surface area (Å²) in [6, 6.07) is 18.9. The van der Waals surface area contributed by atoms with Gasteiger partial charge in [0.1, 0.15) is 5.82 Å². The van der Waals surface area contributed by atoms with Crippen molar-refractivity contribution in [2.24, 2.45) is 5.92 Å². The summed E-state index contributed by atoms with van der Waals surface area (Å²) >= 11 is 0. The van der Waals surface area contributed by atoms with E-state index >= 15 is 0 Å². The molecule has 8 heteroatoms. The van der Waals surface area contributed by atoms with Crippen molar-refractivity contribution in [3.05, 3.63) is 89.6 Å². The first-order valence-corrected chi connectivity index (χ1v) is 11.8. The second-order valence-corrected chi connectivity index (χ2v) is 9.19. The molecule has 1 N–H and O–H groups in total. The highest BCUT2D eigenvalue weighted by atomic mass is 19.4. The van der Waals surface area contributed by atoms with Crippen LogP contribution in [0.2, 0.25) is 0 Å². The van der Waals surface area contributed by atoms with E-state index in [1.165, 1.54) is 6.07 Å². The number of hydrogen-bond donors (Lipinski definition) is 1. The lowest BCUT2D eigenvalue weighted by molar-refractivity contribution is -0.137. The van der Waals surface area contributed by atoms with Crippen molar-refractivity contribution in [1.82, 2.24) is 10.3 Å². The Kier molecular flexibility index (Phi) is 6.13. The summed E-state index contributed by atoms with van der Waals surface area (Å²) < 4.78 is 40.3. The number of nitrogens with one attached hydrogen (secondary N) is 1. The average Bonchev–Trinajstić information content (AvgIpc) is 2.88. The molecule has 3 atom stereocenters. The van der Waals surface area contributed by atoms with E-state index in [1.54, 1.807) is 12.3 Å². The second kappa shape index (κ2) is 9.24. The molecule has 1 aromatic heterocycles. The van der Waals surface area contributed by atoms with E-state index in [-0.39, 0.29) is 24.4 Å². The molecular weight excluding hydrogens is 453 g/mol. The number of benzene rings is 2. The number of alkyl halides is 3. The van der Waals surface area contributed by atoms with Crippen LogP contribution in [0.5, 0.6) is 0 Å². The van der Waals surface area contributed by atoms with E-state index in [1.807, 2.05) is 55.5 Å². The standard InChI is InChI=1S/C27H27F3N4O/c1-18(19-7-3-2-4-8-19)32-26(35)22-16-20-15-21(27(28,29)30)10-11-23(20)34-14-13-33(17-24(22)34)25-9-5-6-12-31-25/h2-12,15,18,22,24H,13-14,16-17H2,1H3,(H,32,35). The molecule has 35 heavy (non-hydrogen) atoms. The molecule has 0 bridgehead atoms. The molecular formula is C27H27F3N4O. The van der Waals surface area contributed by atoms with Gasteiger partial charge in [0.2, 0.25) is 5.91 Å². The SMILES string of the molecule is CC(NC(=O)C1Cc2cc(C(F)(F)F)ccc2N2CCN(c3ccccn3)CC12)c1ccccc1. The maximum atomic E-state index is 13.6. The lowest BCUT2D eigenvalue weighted by Crippen LogP contribution is -2.61. The average molecular weight is 481 g/mol. The van der Waals surface area contributed by atoms with Crippen molar-refractivity contribution >= 4 is 17.4 Å². The Morgan fingerprint density at radius 1 is 1.06 bits per heavy atom. The first-order chi connectivity index (χ1) is 16.8. The highest BCUT2D eigenvalue weighted by Gasteiger charge is 2.43. The van der Waals surface area contributed by atoms with Crippen molar-refractivity contribution < 1.29 is 18.0 Å². The lowest BCUT2D eigenvalue weighted by atomic mass is 9.82. The zero-order valence-electron chi connectivity index (χ0n) is 19.4. The van der Waals surface area contributed by atoms with Crippen LogP contribution in [-0.2, 0) is 17.4 Å². The van der Waals surface area contributed by atoms with Gasteiger partial charge in [-0.25, -0.2) is 4.98 Å². The number of hydrogen-bond acceptors (Lipinski definition) is 4. The minimum Gasteiger partial charge on any atom is -0.364 e. The van der Waals surface area contributed by atoms with Crippen LogP contribution in [0.1, 0.15) is 29.7 Å². The summed E-state index contributed by atoms with van der Waals surface area (Å²) in [4.78, 5) is 22.3. The molecule has 1 saturated heterocycles. The molecule has 5 nitrogen and oxygen atoms in total. The van der Waals surface area contributed by atoms with Crippen LogP contribution in [0.3, 0.4) is 0 Å². The van der Waals surface area contributed by atoms with E-state index in [4.69, 9.17) is 0 Å². The molecule has 182 valence electrons. The first-order valence-electron chi connectivity index (χ1n) is 11.8. The van der Waals surface area contributed by atoms with E-state index in [2.05, 4.69) is 20.1 Å². The van der Waals surface area contributed by atoms with Gasteiger partial charge in [0, 0.05) is 31.5 Å². The number of piperazine rings is 1. The minimum absolute atomic E-state index is 0.151. The molecule has 0 spiro atoms. The number of pyridine rings is 1. The Balaban J connectivity index is 1.46. The smallest absolute Gasteiger partial charge is 0.364 e. The lowest BCUT2D eigenvalue weighted by Gasteiger charge is -2.49. The molecule has 1 amide bonds. The number of fused-ring (bicyclic) bond motifs is 3. The Labute approximate surface area is 202 Å². The van der Waals surface area contributed by atoms with Gasteiger partial charge >= 0.3 is 6.18 Å². The Morgan fingerprint density at radius 2 is 1.83 bits per heavy atom. The van der Waals surface area contributed by atoms with Crippen LogP contribution in [0.4, 0.5) is 24.7 Å². The number of amides is 1. The maximum absolute atomic E-state index is 13.6. The molecule has 0 saturated carbocycles. The fourth-order valence-electron chi connectivity index (χ4n) is 5.19. The summed E-state index contributed by atoms with van der Waals surface area (Å²) in [5.74, 6) is 0.188. The van der Waals surface area contributed by atoms with Gasteiger partial charge in [-0.05, 0) is 54.8 Å². The summed E-state index contributed by atoms with van der Waals surface area (Å²) in [6.45, 7) is 3.75. The topological polar surface area (TPSA) is 48.5 Å². The summed E-state index contributed by atoms with van der Waals surface area (Å²) in [5, 5.41) is 3.11. The minimum atomic E-state index is -4.43. The largest absolute Gasteiger partial charge is 0.416 e. The predicted octanol–water partition coefficient (Wildman–Crippen LogP) is 4.85. The third kappa shape index (κ3) is 4.70. The first kappa shape index (κ1) is 23.2. The zero-order chi connectivity index (χ0) is 24.6. The van der Waals surface area contributed by atoms with Crippen LogP contribution >= 0.6 is 0 Å². The second-order valence-electron chi connectivity index (χ2n) is 9.19. The van der Waals surface area contributed by atoms with Crippen LogP contribution in [0.15, 0.2) is 72.9 Å². The maximum Gasteiger partial charge on any atom is 0.416 e. The van der Waals surface area contributed by atoms with Crippen molar-refractivity contribution in [3.8, 4) is 0 Å². The summed E-state index contributed by atoms with van der Waals surface area (Å²) in [5.41, 5.74) is 1.64. The van der Waals surface area contributed by atoms with E-state index in [0.717, 1.165) is 23.1 Å². The van der Waals surface area contributed by atoms with Crippen LogP contribution in [0.25, 0.3) is 0 Å². The number of carbonyl (C=O) groups is 1. The van der Waals surface area contributed by atoms with Gasteiger partial charge < -0.3 is 15.1 Å². The monoisotopic (exact) mass is 480 g/mol. The Morgan fingerprint density at radius 3 is 2.54 bits per heavy atom. The third-order valence-electron chi connectivity index (χ3n) is 7.01. The van der Waals surface area contributed by atoms with Crippen molar-refractivity contribution in [2.45, 2.75) is 31.6 Å². The number of halogens is 3. The molecule has 2 aliphatic heterocycles. The number of nitrogens with zero attached hydrogens (tertiary/aromatic N) is 3. The summed E-state index contributed by atoms with van der Waals surface area (Å²) in [7, 11) is 0. The van der Waals surface area contributed by atoms with Crippen LogP contribution < -0.4 is 15.1 Å². The molecule has 0 radical (unpaired) electrons. The number of anilines is 2.